The lowest BCUT2D eigenvalue weighted by Crippen LogP contribution is -2.48. The maximum Gasteiger partial charge on any atom is 0.267 e. The van der Waals surface area contributed by atoms with Gasteiger partial charge >= 0.3 is 0 Å². The zero-order chi connectivity index (χ0) is 19.1. The fourth-order valence-corrected chi connectivity index (χ4v) is 4.76. The zero-order valence-electron chi connectivity index (χ0n) is 15.7. The Morgan fingerprint density at radius 1 is 1.21 bits per heavy atom. The van der Waals surface area contributed by atoms with Crippen molar-refractivity contribution in [3.8, 4) is 5.69 Å². The molecule has 144 valence electrons. The highest BCUT2D eigenvalue weighted by Crippen LogP contribution is 2.41. The van der Waals surface area contributed by atoms with Crippen LogP contribution >= 0.6 is 11.5 Å². The number of nitrogens with zero attached hydrogens (tertiary/aromatic N) is 5. The number of carbonyl (C=O) groups is 1. The molecule has 0 radical (unpaired) electrons. The molecule has 1 amide bonds. The molecule has 8 heteroatoms. The van der Waals surface area contributed by atoms with Gasteiger partial charge in [0.05, 0.1) is 23.7 Å². The number of rotatable bonds is 2. The Hall–Kier alpha value is -2.58. The number of piperidine rings is 1. The summed E-state index contributed by atoms with van der Waals surface area (Å²) >= 11 is 1.17. The molecule has 1 spiro atoms. The number of benzene rings is 1. The second-order valence-corrected chi connectivity index (χ2v) is 8.11. The van der Waals surface area contributed by atoms with Crippen molar-refractivity contribution in [3.05, 3.63) is 58.4 Å². The summed E-state index contributed by atoms with van der Waals surface area (Å²) in [4.78, 5) is 15.3. The predicted molar refractivity (Wildman–Crippen MR) is 105 cm³/mol. The molecular weight excluding hydrogens is 374 g/mol. The van der Waals surface area contributed by atoms with Crippen LogP contribution in [0.3, 0.4) is 0 Å². The van der Waals surface area contributed by atoms with Crippen molar-refractivity contribution in [1.82, 2.24) is 24.3 Å². The molecular formula is C20H21N5O2S. The van der Waals surface area contributed by atoms with Crippen LogP contribution in [0.2, 0.25) is 0 Å². The van der Waals surface area contributed by atoms with E-state index in [4.69, 9.17) is 9.84 Å². The van der Waals surface area contributed by atoms with Gasteiger partial charge in [-0.25, -0.2) is 4.68 Å². The number of amides is 1. The van der Waals surface area contributed by atoms with E-state index in [0.29, 0.717) is 30.3 Å². The summed E-state index contributed by atoms with van der Waals surface area (Å²) in [7, 11) is 0. The number of hydrogen-bond acceptors (Lipinski definition) is 6. The molecule has 2 aromatic heterocycles. The largest absolute Gasteiger partial charge is 0.368 e. The van der Waals surface area contributed by atoms with E-state index in [0.717, 1.165) is 30.6 Å². The van der Waals surface area contributed by atoms with Crippen molar-refractivity contribution in [2.75, 3.05) is 19.7 Å². The third-order valence-electron chi connectivity index (χ3n) is 5.70. The van der Waals surface area contributed by atoms with Crippen LogP contribution in [0.15, 0.2) is 36.5 Å². The lowest BCUT2D eigenvalue weighted by Gasteiger charge is -2.42. The fourth-order valence-electron chi connectivity index (χ4n) is 4.14. The van der Waals surface area contributed by atoms with Gasteiger partial charge < -0.3 is 9.64 Å². The SMILES string of the molecule is Cc1nnsc1C(=O)N1CCC2(CC1)OCCc1cn(-c3ccccc3)nc12. The molecule has 1 saturated heterocycles. The minimum absolute atomic E-state index is 0.0215. The van der Waals surface area contributed by atoms with Crippen molar-refractivity contribution in [2.24, 2.45) is 0 Å². The molecule has 4 heterocycles. The van der Waals surface area contributed by atoms with E-state index in [2.05, 4.69) is 27.9 Å². The van der Waals surface area contributed by atoms with Crippen LogP contribution < -0.4 is 0 Å². The molecule has 0 aliphatic carbocycles. The van der Waals surface area contributed by atoms with E-state index in [1.807, 2.05) is 34.7 Å². The lowest BCUT2D eigenvalue weighted by atomic mass is 9.83. The van der Waals surface area contributed by atoms with Gasteiger partial charge in [0.2, 0.25) is 0 Å². The van der Waals surface area contributed by atoms with Crippen LogP contribution in [0.25, 0.3) is 5.69 Å². The van der Waals surface area contributed by atoms with E-state index >= 15 is 0 Å². The summed E-state index contributed by atoms with van der Waals surface area (Å²) in [6.07, 6.45) is 4.50. The predicted octanol–water partition coefficient (Wildman–Crippen LogP) is 2.74. The summed E-state index contributed by atoms with van der Waals surface area (Å²) in [5.74, 6) is 0.0215. The number of aryl methyl sites for hydroxylation is 1. The maximum absolute atomic E-state index is 12.8. The number of carbonyl (C=O) groups excluding carboxylic acids is 1. The van der Waals surface area contributed by atoms with Gasteiger partial charge in [0.1, 0.15) is 10.5 Å². The first kappa shape index (κ1) is 17.5. The smallest absolute Gasteiger partial charge is 0.267 e. The van der Waals surface area contributed by atoms with Gasteiger partial charge in [0, 0.05) is 19.3 Å². The molecule has 0 N–H and O–H groups in total. The molecule has 3 aromatic rings. The van der Waals surface area contributed by atoms with E-state index in [1.165, 1.54) is 17.1 Å². The summed E-state index contributed by atoms with van der Waals surface area (Å²) in [6.45, 7) is 3.82. The summed E-state index contributed by atoms with van der Waals surface area (Å²) in [5.41, 5.74) is 3.63. The quantitative estimate of drug-likeness (QED) is 0.667. The van der Waals surface area contributed by atoms with Crippen LogP contribution in [0.5, 0.6) is 0 Å². The number of fused-ring (bicyclic) bond motifs is 2. The van der Waals surface area contributed by atoms with Gasteiger partial charge in [-0.3, -0.25) is 4.79 Å². The molecule has 1 fully saturated rings. The molecule has 0 saturated carbocycles. The van der Waals surface area contributed by atoms with Gasteiger partial charge in [-0.2, -0.15) is 5.10 Å². The van der Waals surface area contributed by atoms with Gasteiger partial charge in [-0.1, -0.05) is 22.7 Å². The van der Waals surface area contributed by atoms with Crippen molar-refractivity contribution < 1.29 is 9.53 Å². The Labute approximate surface area is 167 Å². The second-order valence-electron chi connectivity index (χ2n) is 7.36. The van der Waals surface area contributed by atoms with Gasteiger partial charge in [0.25, 0.3) is 5.91 Å². The average Bonchev–Trinajstić information content (AvgIpc) is 3.36. The Balaban J connectivity index is 1.39. The summed E-state index contributed by atoms with van der Waals surface area (Å²) in [5, 5.41) is 8.86. The van der Waals surface area contributed by atoms with Crippen LogP contribution in [0.4, 0.5) is 0 Å². The summed E-state index contributed by atoms with van der Waals surface area (Å²) in [6, 6.07) is 10.1. The molecule has 28 heavy (non-hydrogen) atoms. The van der Waals surface area contributed by atoms with Crippen LogP contribution in [0.1, 0.15) is 39.5 Å². The third-order valence-corrected chi connectivity index (χ3v) is 6.51. The van der Waals surface area contributed by atoms with E-state index in [1.54, 1.807) is 0 Å². The molecule has 5 rings (SSSR count). The highest BCUT2D eigenvalue weighted by atomic mass is 32.1. The highest BCUT2D eigenvalue weighted by molar-refractivity contribution is 7.07. The Morgan fingerprint density at radius 2 is 2.00 bits per heavy atom. The van der Waals surface area contributed by atoms with Crippen molar-refractivity contribution in [1.29, 1.82) is 0 Å². The van der Waals surface area contributed by atoms with Crippen molar-refractivity contribution >= 4 is 17.4 Å². The normalized spacial score (nSPS) is 18.2. The molecule has 7 nitrogen and oxygen atoms in total. The van der Waals surface area contributed by atoms with E-state index in [9.17, 15) is 4.79 Å². The first-order valence-electron chi connectivity index (χ1n) is 9.53. The Morgan fingerprint density at radius 3 is 2.71 bits per heavy atom. The molecule has 0 unspecified atom stereocenters. The minimum atomic E-state index is -0.397. The zero-order valence-corrected chi connectivity index (χ0v) is 16.5. The number of hydrogen-bond donors (Lipinski definition) is 0. The Kier molecular flexibility index (Phi) is 4.25. The second kappa shape index (κ2) is 6.79. The summed E-state index contributed by atoms with van der Waals surface area (Å²) < 4.78 is 12.1. The van der Waals surface area contributed by atoms with Crippen LogP contribution in [0, 0.1) is 6.92 Å². The molecule has 2 aliphatic heterocycles. The maximum atomic E-state index is 12.8. The van der Waals surface area contributed by atoms with Gasteiger partial charge in [-0.15, -0.1) is 5.10 Å². The van der Waals surface area contributed by atoms with E-state index in [-0.39, 0.29) is 5.91 Å². The number of likely N-dealkylation sites (tertiary alicyclic amines) is 1. The molecule has 0 atom stereocenters. The lowest BCUT2D eigenvalue weighted by molar-refractivity contribution is -0.0963. The highest BCUT2D eigenvalue weighted by Gasteiger charge is 2.44. The average molecular weight is 395 g/mol. The minimum Gasteiger partial charge on any atom is -0.368 e. The fraction of sp³-hybridized carbons (Fsp3) is 0.400. The molecule has 2 aliphatic rings. The number of para-hydroxylation sites is 1. The standard InChI is InChI=1S/C20H21N5O2S/c1-14-17(28-23-21-14)19(26)24-10-8-20(9-11-24)18-15(7-12-27-20)13-25(22-18)16-5-3-2-4-6-16/h2-6,13H,7-12H2,1H3. The third kappa shape index (κ3) is 2.84. The number of ether oxygens (including phenoxy) is 1. The first-order valence-corrected chi connectivity index (χ1v) is 10.3. The van der Waals surface area contributed by atoms with E-state index < -0.39 is 5.60 Å². The number of aromatic nitrogens is 4. The van der Waals surface area contributed by atoms with Crippen LogP contribution in [-0.2, 0) is 16.8 Å². The van der Waals surface area contributed by atoms with Crippen molar-refractivity contribution in [3.63, 3.8) is 0 Å². The van der Waals surface area contributed by atoms with Gasteiger partial charge in [0.15, 0.2) is 0 Å². The van der Waals surface area contributed by atoms with Crippen LogP contribution in [-0.4, -0.2) is 49.9 Å². The molecule has 1 aromatic carbocycles. The topological polar surface area (TPSA) is 73.1 Å². The van der Waals surface area contributed by atoms with Gasteiger partial charge in [-0.05, 0) is 55.4 Å². The molecule has 0 bridgehead atoms. The Bertz CT molecular complexity index is 1000. The van der Waals surface area contributed by atoms with Crippen molar-refractivity contribution in [2.45, 2.75) is 31.8 Å². The first-order chi connectivity index (χ1) is 13.7. The monoisotopic (exact) mass is 395 g/mol.